The normalized spacial score (nSPS) is 11.6. The monoisotopic (exact) mass is 465 g/mol. The molecule has 0 aliphatic rings. The average Bonchev–Trinajstić information content (AvgIpc) is 3.39. The smallest absolute Gasteiger partial charge is 0.417 e. The van der Waals surface area contributed by atoms with E-state index >= 15 is 0 Å². The molecule has 2 aromatic heterocycles. The van der Waals surface area contributed by atoms with Gasteiger partial charge in [-0.3, -0.25) is 4.98 Å². The Balaban J connectivity index is 1.84. The van der Waals surface area contributed by atoms with E-state index in [9.17, 15) is 17.6 Å². The summed E-state index contributed by atoms with van der Waals surface area (Å²) in [5.74, 6) is -0.927. The number of rotatable bonds is 7. The Kier molecular flexibility index (Phi) is 5.41. The van der Waals surface area contributed by atoms with Crippen LogP contribution in [-0.4, -0.2) is 32.6 Å². The second kappa shape index (κ2) is 8.04. The van der Waals surface area contributed by atoms with Gasteiger partial charge in [0.25, 0.3) is 10.0 Å². The Bertz CT molecular complexity index is 1400. The van der Waals surface area contributed by atoms with E-state index in [2.05, 4.69) is 9.97 Å². The molecule has 0 spiro atoms. The molecule has 2 heterocycles. The molecule has 0 bridgehead atoms. The van der Waals surface area contributed by atoms with Crippen molar-refractivity contribution in [2.24, 2.45) is 0 Å². The molecule has 4 rings (SSSR count). The van der Waals surface area contributed by atoms with Gasteiger partial charge in [0.15, 0.2) is 10.7 Å². The van der Waals surface area contributed by atoms with Gasteiger partial charge in [-0.15, -0.1) is 11.3 Å². The van der Waals surface area contributed by atoms with Crippen molar-refractivity contribution in [2.75, 3.05) is 18.5 Å². The van der Waals surface area contributed by atoms with E-state index in [1.165, 1.54) is 20.4 Å². The van der Waals surface area contributed by atoms with Crippen LogP contribution in [0.5, 0.6) is 11.5 Å². The van der Waals surface area contributed by atoms with E-state index in [0.717, 1.165) is 27.8 Å². The first-order valence-corrected chi connectivity index (χ1v) is 11.1. The van der Waals surface area contributed by atoms with Crippen LogP contribution in [0.1, 0.15) is 5.56 Å². The number of benzene rings is 2. The van der Waals surface area contributed by atoms with Gasteiger partial charge >= 0.3 is 5.76 Å². The van der Waals surface area contributed by atoms with E-state index in [-0.39, 0.29) is 22.8 Å². The maximum Gasteiger partial charge on any atom is 0.417 e. The van der Waals surface area contributed by atoms with Gasteiger partial charge in [0.05, 0.1) is 26.3 Å². The van der Waals surface area contributed by atoms with Gasteiger partial charge in [0.1, 0.15) is 22.2 Å². The van der Waals surface area contributed by atoms with Crippen LogP contribution in [0.3, 0.4) is 0 Å². The van der Waals surface area contributed by atoms with Crippen molar-refractivity contribution in [2.45, 2.75) is 11.4 Å². The van der Waals surface area contributed by atoms with Crippen molar-refractivity contribution in [1.82, 2.24) is 9.97 Å². The van der Waals surface area contributed by atoms with Crippen molar-refractivity contribution in [3.05, 3.63) is 63.8 Å². The van der Waals surface area contributed by atoms with E-state index < -0.39 is 26.5 Å². The van der Waals surface area contributed by atoms with E-state index in [1.807, 2.05) is 0 Å². The molecule has 2 aromatic carbocycles. The highest BCUT2D eigenvalue weighted by atomic mass is 32.2. The first kappa shape index (κ1) is 20.9. The molecular formula is C19H16FN3O6S2. The summed E-state index contributed by atoms with van der Waals surface area (Å²) in [6, 6.07) is 6.80. The standard InChI is InChI=1S/C19H16FN3O6S2/c1-27-12-4-3-11(15(7-12)28-2)10-23(18-21-5-6-30-18)31(25,26)17-9-16-14(8-13(17)20)22-19(24)29-16/h3-9H,10H2,1-2H3,(H,22,24). The van der Waals surface area contributed by atoms with Crippen LogP contribution in [0.2, 0.25) is 0 Å². The Morgan fingerprint density at radius 1 is 1.23 bits per heavy atom. The SMILES string of the molecule is COc1ccc(CN(c2nccs2)S(=O)(=O)c2cc3oc(=O)[nH]c3cc2F)c(OC)c1. The van der Waals surface area contributed by atoms with Gasteiger partial charge in [-0.2, -0.15) is 0 Å². The molecule has 162 valence electrons. The molecule has 0 aliphatic heterocycles. The number of sulfonamides is 1. The zero-order valence-corrected chi connectivity index (χ0v) is 17.9. The van der Waals surface area contributed by atoms with Crippen molar-refractivity contribution in [3.8, 4) is 11.5 Å². The van der Waals surface area contributed by atoms with Crippen LogP contribution in [0.4, 0.5) is 9.52 Å². The predicted molar refractivity (Wildman–Crippen MR) is 112 cm³/mol. The van der Waals surface area contributed by atoms with Gasteiger partial charge < -0.3 is 13.9 Å². The quantitative estimate of drug-likeness (QED) is 0.446. The first-order chi connectivity index (χ1) is 14.8. The number of nitrogens with one attached hydrogen (secondary N) is 1. The van der Waals surface area contributed by atoms with Crippen LogP contribution in [0.15, 0.2) is 56.0 Å². The highest BCUT2D eigenvalue weighted by molar-refractivity contribution is 7.93. The third kappa shape index (κ3) is 3.86. The van der Waals surface area contributed by atoms with Crippen LogP contribution in [-0.2, 0) is 16.6 Å². The molecular weight excluding hydrogens is 449 g/mol. The second-order valence-electron chi connectivity index (χ2n) is 6.30. The summed E-state index contributed by atoms with van der Waals surface area (Å²) in [5, 5.41) is 1.74. The average molecular weight is 465 g/mol. The topological polar surface area (TPSA) is 115 Å². The van der Waals surface area contributed by atoms with Gasteiger partial charge in [-0.05, 0) is 12.1 Å². The number of aromatic nitrogens is 2. The number of methoxy groups -OCH3 is 2. The second-order valence-corrected chi connectivity index (χ2v) is 9.00. The fourth-order valence-electron chi connectivity index (χ4n) is 3.00. The Morgan fingerprint density at radius 3 is 2.71 bits per heavy atom. The van der Waals surface area contributed by atoms with Crippen molar-refractivity contribution < 1.29 is 26.7 Å². The maximum atomic E-state index is 14.8. The number of oxazole rings is 1. The molecule has 0 amide bonds. The lowest BCUT2D eigenvalue weighted by molar-refractivity contribution is 0.391. The lowest BCUT2D eigenvalue weighted by atomic mass is 10.2. The van der Waals surface area contributed by atoms with Gasteiger partial charge in [-0.1, -0.05) is 0 Å². The summed E-state index contributed by atoms with van der Waals surface area (Å²) in [5.41, 5.74) is 0.488. The summed E-state index contributed by atoms with van der Waals surface area (Å²) < 4.78 is 58.2. The highest BCUT2D eigenvalue weighted by Gasteiger charge is 2.31. The third-order valence-corrected chi connectivity index (χ3v) is 7.14. The Morgan fingerprint density at radius 2 is 2.03 bits per heavy atom. The Hall–Kier alpha value is -3.38. The molecule has 4 aromatic rings. The summed E-state index contributed by atoms with van der Waals surface area (Å²) in [6.07, 6.45) is 1.44. The lowest BCUT2D eigenvalue weighted by Crippen LogP contribution is -2.31. The first-order valence-electron chi connectivity index (χ1n) is 8.79. The number of halogens is 1. The lowest BCUT2D eigenvalue weighted by Gasteiger charge is -2.23. The number of hydrogen-bond acceptors (Lipinski definition) is 8. The summed E-state index contributed by atoms with van der Waals surface area (Å²) >= 11 is 1.07. The minimum atomic E-state index is -4.43. The molecule has 0 saturated heterocycles. The molecule has 1 N–H and O–H groups in total. The number of hydrogen-bond donors (Lipinski definition) is 1. The zero-order valence-electron chi connectivity index (χ0n) is 16.3. The molecule has 12 heteroatoms. The van der Waals surface area contributed by atoms with E-state index in [1.54, 1.807) is 23.6 Å². The van der Waals surface area contributed by atoms with Crippen molar-refractivity contribution >= 4 is 37.6 Å². The predicted octanol–water partition coefficient (Wildman–Crippen LogP) is 3.13. The van der Waals surface area contributed by atoms with Crippen LogP contribution in [0.25, 0.3) is 11.1 Å². The van der Waals surface area contributed by atoms with E-state index in [0.29, 0.717) is 17.1 Å². The fraction of sp³-hybridized carbons (Fsp3) is 0.158. The largest absolute Gasteiger partial charge is 0.497 e. The van der Waals surface area contributed by atoms with E-state index in [4.69, 9.17) is 13.9 Å². The number of aromatic amines is 1. The number of thiazole rings is 1. The molecule has 0 saturated carbocycles. The fourth-order valence-corrected chi connectivity index (χ4v) is 5.33. The minimum Gasteiger partial charge on any atom is -0.497 e. The van der Waals surface area contributed by atoms with Crippen molar-refractivity contribution in [3.63, 3.8) is 0 Å². The number of anilines is 1. The highest BCUT2D eigenvalue weighted by Crippen LogP contribution is 2.33. The number of nitrogens with zero attached hydrogens (tertiary/aromatic N) is 2. The molecule has 0 unspecified atom stereocenters. The summed E-state index contributed by atoms with van der Waals surface area (Å²) in [4.78, 5) is 17.1. The number of H-pyrrole nitrogens is 1. The van der Waals surface area contributed by atoms with Crippen LogP contribution >= 0.6 is 11.3 Å². The van der Waals surface area contributed by atoms with Gasteiger partial charge in [0.2, 0.25) is 0 Å². The number of ether oxygens (including phenoxy) is 2. The van der Waals surface area contributed by atoms with Crippen LogP contribution in [0, 0.1) is 5.82 Å². The Labute approximate surface area is 179 Å². The third-order valence-electron chi connectivity index (χ3n) is 4.48. The minimum absolute atomic E-state index is 0.0547. The summed E-state index contributed by atoms with van der Waals surface area (Å²) in [6.45, 7) is -0.183. The molecule has 0 fully saturated rings. The van der Waals surface area contributed by atoms with Crippen molar-refractivity contribution in [1.29, 1.82) is 0 Å². The molecule has 0 atom stereocenters. The molecule has 0 radical (unpaired) electrons. The zero-order chi connectivity index (χ0) is 22.2. The number of fused-ring (bicyclic) bond motifs is 1. The maximum absolute atomic E-state index is 14.8. The molecule has 9 nitrogen and oxygen atoms in total. The van der Waals surface area contributed by atoms with Gasteiger partial charge in [-0.25, -0.2) is 26.9 Å². The van der Waals surface area contributed by atoms with Gasteiger partial charge in [0, 0.05) is 35.3 Å². The summed E-state index contributed by atoms with van der Waals surface area (Å²) in [7, 11) is -1.49. The molecule has 0 aliphatic carbocycles. The molecule has 31 heavy (non-hydrogen) atoms. The van der Waals surface area contributed by atoms with Crippen LogP contribution < -0.4 is 19.5 Å².